The number of aryl methyl sites for hydroxylation is 1. The van der Waals surface area contributed by atoms with Gasteiger partial charge in [0.05, 0.1) is 0 Å². The van der Waals surface area contributed by atoms with Crippen LogP contribution in [0.3, 0.4) is 0 Å². The summed E-state index contributed by atoms with van der Waals surface area (Å²) in [7, 11) is 0. The zero-order valence-electron chi connectivity index (χ0n) is 11.8. The molecule has 20 heavy (non-hydrogen) atoms. The van der Waals surface area contributed by atoms with Crippen LogP contribution in [0.1, 0.15) is 32.1 Å². The number of ether oxygens (including phenoxy) is 1. The molecule has 0 bridgehead atoms. The third-order valence-electron chi connectivity index (χ3n) is 3.13. The van der Waals surface area contributed by atoms with Crippen LogP contribution in [0.4, 0.5) is 0 Å². The molecule has 1 aromatic carbocycles. The Bertz CT molecular complexity index is 556. The van der Waals surface area contributed by atoms with Crippen molar-refractivity contribution < 1.29 is 4.74 Å². The van der Waals surface area contributed by atoms with E-state index < -0.39 is 0 Å². The number of rotatable bonds is 6. The first kappa shape index (κ1) is 14.9. The summed E-state index contributed by atoms with van der Waals surface area (Å²) in [5, 5.41) is 0.649. The predicted octanol–water partition coefficient (Wildman–Crippen LogP) is 3.41. The Morgan fingerprint density at radius 2 is 2.25 bits per heavy atom. The van der Waals surface area contributed by atoms with Crippen LogP contribution < -0.4 is 10.5 Å². The summed E-state index contributed by atoms with van der Waals surface area (Å²) in [5.74, 6) is 1.57. The van der Waals surface area contributed by atoms with E-state index in [1.165, 1.54) is 0 Å². The predicted molar refractivity (Wildman–Crippen MR) is 81.0 cm³/mol. The number of halogens is 1. The van der Waals surface area contributed by atoms with Crippen LogP contribution in [0.5, 0.6) is 5.75 Å². The lowest BCUT2D eigenvalue weighted by Crippen LogP contribution is -2.31. The standard InChI is InChI=1S/C15H20ClN3O/c1-3-8-19-9-7-18-15(19)14(17)11(2)20-13-6-4-5-12(16)10-13/h4-7,9-11,14H,3,8,17H2,1-2H3. The van der Waals surface area contributed by atoms with Gasteiger partial charge in [0.15, 0.2) is 0 Å². The number of imidazole rings is 1. The molecular weight excluding hydrogens is 274 g/mol. The van der Waals surface area contributed by atoms with E-state index in [-0.39, 0.29) is 12.1 Å². The Labute approximate surface area is 124 Å². The number of nitrogens with two attached hydrogens (primary N) is 1. The molecule has 1 heterocycles. The van der Waals surface area contributed by atoms with Crippen molar-refractivity contribution in [2.75, 3.05) is 0 Å². The number of hydrogen-bond acceptors (Lipinski definition) is 3. The van der Waals surface area contributed by atoms with Crippen LogP contribution in [0.15, 0.2) is 36.7 Å². The highest BCUT2D eigenvalue weighted by molar-refractivity contribution is 6.30. The van der Waals surface area contributed by atoms with Crippen molar-refractivity contribution in [3.05, 3.63) is 47.5 Å². The first-order chi connectivity index (χ1) is 9.61. The molecule has 0 amide bonds. The number of benzene rings is 1. The SMILES string of the molecule is CCCn1ccnc1C(N)C(C)Oc1cccc(Cl)c1. The largest absolute Gasteiger partial charge is 0.489 e. The maximum atomic E-state index is 6.26. The Morgan fingerprint density at radius 1 is 1.45 bits per heavy atom. The van der Waals surface area contributed by atoms with Gasteiger partial charge in [0, 0.05) is 24.0 Å². The highest BCUT2D eigenvalue weighted by Crippen LogP contribution is 2.22. The molecule has 0 aliphatic heterocycles. The first-order valence-electron chi connectivity index (χ1n) is 6.80. The quantitative estimate of drug-likeness (QED) is 0.888. The first-order valence-corrected chi connectivity index (χ1v) is 7.18. The van der Waals surface area contributed by atoms with Gasteiger partial charge in [-0.1, -0.05) is 24.6 Å². The van der Waals surface area contributed by atoms with E-state index in [0.29, 0.717) is 10.8 Å². The molecule has 108 valence electrons. The molecule has 4 nitrogen and oxygen atoms in total. The number of hydrogen-bond donors (Lipinski definition) is 1. The van der Waals surface area contributed by atoms with Crippen molar-refractivity contribution >= 4 is 11.6 Å². The van der Waals surface area contributed by atoms with Crippen LogP contribution in [-0.4, -0.2) is 15.7 Å². The van der Waals surface area contributed by atoms with Crippen molar-refractivity contribution in [1.82, 2.24) is 9.55 Å². The summed E-state index contributed by atoms with van der Waals surface area (Å²) in [6, 6.07) is 7.04. The summed E-state index contributed by atoms with van der Waals surface area (Å²) in [6.45, 7) is 4.98. The molecule has 2 atom stereocenters. The molecule has 0 radical (unpaired) electrons. The lowest BCUT2D eigenvalue weighted by molar-refractivity contribution is 0.184. The smallest absolute Gasteiger partial charge is 0.129 e. The van der Waals surface area contributed by atoms with Gasteiger partial charge in [-0.05, 0) is 31.5 Å². The van der Waals surface area contributed by atoms with E-state index in [4.69, 9.17) is 22.1 Å². The highest BCUT2D eigenvalue weighted by Gasteiger charge is 2.21. The van der Waals surface area contributed by atoms with Crippen LogP contribution in [0, 0.1) is 0 Å². The van der Waals surface area contributed by atoms with Crippen molar-refractivity contribution in [3.8, 4) is 5.75 Å². The topological polar surface area (TPSA) is 53.1 Å². The third-order valence-corrected chi connectivity index (χ3v) is 3.37. The lowest BCUT2D eigenvalue weighted by Gasteiger charge is -2.22. The van der Waals surface area contributed by atoms with E-state index in [1.54, 1.807) is 12.3 Å². The minimum Gasteiger partial charge on any atom is -0.489 e. The summed E-state index contributed by atoms with van der Waals surface area (Å²) >= 11 is 5.95. The highest BCUT2D eigenvalue weighted by atomic mass is 35.5. The van der Waals surface area contributed by atoms with Crippen molar-refractivity contribution in [3.63, 3.8) is 0 Å². The van der Waals surface area contributed by atoms with Crippen LogP contribution in [0.25, 0.3) is 0 Å². The van der Waals surface area contributed by atoms with Crippen molar-refractivity contribution in [2.45, 2.75) is 39.0 Å². The Morgan fingerprint density at radius 3 is 2.95 bits per heavy atom. The molecule has 0 spiro atoms. The molecule has 0 aliphatic carbocycles. The fourth-order valence-electron chi connectivity index (χ4n) is 2.09. The van der Waals surface area contributed by atoms with E-state index in [1.807, 2.05) is 31.3 Å². The molecule has 0 saturated heterocycles. The lowest BCUT2D eigenvalue weighted by atomic mass is 10.2. The zero-order chi connectivity index (χ0) is 14.5. The molecule has 2 aromatic rings. The molecular formula is C15H20ClN3O. The second-order valence-corrected chi connectivity index (χ2v) is 5.22. The second-order valence-electron chi connectivity index (χ2n) is 4.78. The van der Waals surface area contributed by atoms with E-state index in [2.05, 4.69) is 16.5 Å². The fraction of sp³-hybridized carbons (Fsp3) is 0.400. The van der Waals surface area contributed by atoms with Gasteiger partial charge in [0.1, 0.15) is 23.7 Å². The molecule has 2 unspecified atom stereocenters. The molecule has 0 aliphatic rings. The van der Waals surface area contributed by atoms with Gasteiger partial charge in [-0.25, -0.2) is 4.98 Å². The van der Waals surface area contributed by atoms with Crippen LogP contribution >= 0.6 is 11.6 Å². The summed E-state index contributed by atoms with van der Waals surface area (Å²) in [4.78, 5) is 4.35. The number of nitrogens with zero attached hydrogens (tertiary/aromatic N) is 2. The summed E-state index contributed by atoms with van der Waals surface area (Å²) < 4.78 is 7.92. The van der Waals surface area contributed by atoms with Gasteiger partial charge in [-0.3, -0.25) is 0 Å². The maximum Gasteiger partial charge on any atom is 0.129 e. The summed E-state index contributed by atoms with van der Waals surface area (Å²) in [6.07, 6.45) is 4.58. The van der Waals surface area contributed by atoms with Crippen LogP contribution in [-0.2, 0) is 6.54 Å². The van der Waals surface area contributed by atoms with Crippen molar-refractivity contribution in [2.24, 2.45) is 5.73 Å². The minimum absolute atomic E-state index is 0.188. The molecule has 2 rings (SSSR count). The monoisotopic (exact) mass is 293 g/mol. The normalized spacial score (nSPS) is 14.0. The van der Waals surface area contributed by atoms with Gasteiger partial charge in [0.25, 0.3) is 0 Å². The zero-order valence-corrected chi connectivity index (χ0v) is 12.5. The van der Waals surface area contributed by atoms with Crippen molar-refractivity contribution in [1.29, 1.82) is 0 Å². The molecule has 1 aromatic heterocycles. The van der Waals surface area contributed by atoms with Gasteiger partial charge >= 0.3 is 0 Å². The van der Waals surface area contributed by atoms with Crippen LogP contribution in [0.2, 0.25) is 5.02 Å². The second kappa shape index (κ2) is 6.77. The molecule has 0 saturated carbocycles. The van der Waals surface area contributed by atoms with E-state index in [0.717, 1.165) is 18.8 Å². The molecule has 2 N–H and O–H groups in total. The molecule has 5 heteroatoms. The van der Waals surface area contributed by atoms with E-state index in [9.17, 15) is 0 Å². The Kier molecular flexibility index (Phi) is 5.04. The average Bonchev–Trinajstić information content (AvgIpc) is 2.86. The van der Waals surface area contributed by atoms with Gasteiger partial charge < -0.3 is 15.0 Å². The van der Waals surface area contributed by atoms with Gasteiger partial charge in [-0.2, -0.15) is 0 Å². The number of aromatic nitrogens is 2. The van der Waals surface area contributed by atoms with Gasteiger partial charge in [-0.15, -0.1) is 0 Å². The molecule has 0 fully saturated rings. The summed E-state index contributed by atoms with van der Waals surface area (Å²) in [5.41, 5.74) is 6.26. The Hall–Kier alpha value is -1.52. The Balaban J connectivity index is 2.08. The third kappa shape index (κ3) is 3.52. The minimum atomic E-state index is -0.282. The fourth-order valence-corrected chi connectivity index (χ4v) is 2.27. The van der Waals surface area contributed by atoms with Gasteiger partial charge in [0.2, 0.25) is 0 Å². The maximum absolute atomic E-state index is 6.26. The van der Waals surface area contributed by atoms with E-state index >= 15 is 0 Å². The average molecular weight is 294 g/mol.